The van der Waals surface area contributed by atoms with Crippen LogP contribution in [0.3, 0.4) is 0 Å². The molecule has 3 rings (SSSR count). The second-order valence-electron chi connectivity index (χ2n) is 15.8. The van der Waals surface area contributed by atoms with Gasteiger partial charge in [-0.15, -0.1) is 0 Å². The minimum atomic E-state index is -1.76. The third kappa shape index (κ3) is 15.2. The van der Waals surface area contributed by atoms with Crippen LogP contribution in [0.5, 0.6) is 0 Å². The highest BCUT2D eigenvalue weighted by Gasteiger charge is 2.48. The number of hydrogen-bond acceptors (Lipinski definition) is 15. The number of nitrogens with one attached hydrogen (secondary N) is 7. The van der Waals surface area contributed by atoms with E-state index in [2.05, 4.69) is 37.2 Å². The molecule has 3 fully saturated rings. The van der Waals surface area contributed by atoms with E-state index in [1.165, 1.54) is 4.90 Å². The molecule has 2 aliphatic heterocycles. The summed E-state index contributed by atoms with van der Waals surface area (Å²) in [6.45, 7) is 3.17. The van der Waals surface area contributed by atoms with E-state index in [1.54, 1.807) is 13.8 Å². The van der Waals surface area contributed by atoms with Crippen molar-refractivity contribution in [2.24, 2.45) is 34.6 Å². The Hall–Kier alpha value is -5.21. The Kier molecular flexibility index (Phi) is 20.3. The summed E-state index contributed by atoms with van der Waals surface area (Å²) in [5.74, 6) is -10.2. The van der Waals surface area contributed by atoms with E-state index in [0.717, 1.165) is 21.6 Å². The van der Waals surface area contributed by atoms with E-state index in [4.69, 9.17) is 28.7 Å². The van der Waals surface area contributed by atoms with E-state index in [-0.39, 0.29) is 50.3 Å². The molecule has 24 nitrogen and oxygen atoms in total. The van der Waals surface area contributed by atoms with Gasteiger partial charge in [-0.1, -0.05) is 41.9 Å². The number of hydrogen-bond donors (Lipinski definition) is 12. The van der Waals surface area contributed by atoms with Gasteiger partial charge in [0.15, 0.2) is 0 Å². The van der Waals surface area contributed by atoms with Gasteiger partial charge in [0.05, 0.1) is 25.4 Å². The van der Waals surface area contributed by atoms with Gasteiger partial charge >= 0.3 is 0 Å². The first-order valence-electron chi connectivity index (χ1n) is 20.7. The van der Waals surface area contributed by atoms with Gasteiger partial charge in [0.2, 0.25) is 65.0 Å². The molecule has 1 saturated carbocycles. The first-order valence-corrected chi connectivity index (χ1v) is 23.2. The molecule has 26 heteroatoms. The number of nitrogens with two attached hydrogens (primary N) is 5. The number of primary amides is 3. The second-order valence-corrected chi connectivity index (χ2v) is 18.4. The van der Waals surface area contributed by atoms with Crippen molar-refractivity contribution in [3.05, 3.63) is 0 Å². The molecular weight excluding hydrogens is 867 g/mol. The first-order chi connectivity index (χ1) is 29.7. The highest BCUT2D eigenvalue weighted by atomic mass is 33.1. The molecule has 3 aliphatic rings. The van der Waals surface area contributed by atoms with Crippen LogP contribution < -0.4 is 65.9 Å². The quantitative estimate of drug-likeness (QED) is 0.0681. The zero-order chi connectivity index (χ0) is 47.0. The Morgan fingerprint density at radius 3 is 1.98 bits per heavy atom. The molecule has 2 heterocycles. The largest absolute Gasteiger partial charge is 0.370 e. The van der Waals surface area contributed by atoms with Gasteiger partial charge in [-0.2, -0.15) is 0 Å². The summed E-state index contributed by atoms with van der Waals surface area (Å²) in [7, 11) is 2.10. The second kappa shape index (κ2) is 24.6. The summed E-state index contributed by atoms with van der Waals surface area (Å²) in [4.78, 5) is 146. The van der Waals surface area contributed by atoms with Gasteiger partial charge in [-0.25, -0.2) is 0 Å². The van der Waals surface area contributed by atoms with Crippen LogP contribution in [-0.4, -0.2) is 149 Å². The van der Waals surface area contributed by atoms with Crippen LogP contribution >= 0.6 is 21.6 Å². The van der Waals surface area contributed by atoms with Crippen molar-refractivity contribution in [2.75, 3.05) is 31.1 Å². The molecule has 17 N–H and O–H groups in total. The van der Waals surface area contributed by atoms with Gasteiger partial charge in [-0.05, 0) is 57.4 Å². The minimum absolute atomic E-state index is 0.0285. The van der Waals surface area contributed by atoms with E-state index in [1.807, 2.05) is 0 Å². The highest BCUT2D eigenvalue weighted by Crippen LogP contribution is 2.33. The molecule has 63 heavy (non-hydrogen) atoms. The Labute approximate surface area is 372 Å². The fourth-order valence-corrected chi connectivity index (χ4v) is 9.30. The van der Waals surface area contributed by atoms with Crippen LogP contribution in [0.25, 0.3) is 0 Å². The van der Waals surface area contributed by atoms with E-state index < -0.39 is 138 Å². The predicted octanol–water partition coefficient (Wildman–Crippen LogP) is -5.70. The summed E-state index contributed by atoms with van der Waals surface area (Å²) in [5, 5.41) is 17.7. The molecule has 0 aromatic carbocycles. The lowest BCUT2D eigenvalue weighted by Gasteiger charge is -2.42. The van der Waals surface area contributed by atoms with E-state index in [9.17, 15) is 52.7 Å². The van der Waals surface area contributed by atoms with Gasteiger partial charge in [0.1, 0.15) is 41.8 Å². The lowest BCUT2D eigenvalue weighted by atomic mass is 9.75. The summed E-state index contributed by atoms with van der Waals surface area (Å²) < 4.78 is 0. The van der Waals surface area contributed by atoms with Gasteiger partial charge < -0.3 is 70.8 Å². The van der Waals surface area contributed by atoms with E-state index in [0.29, 0.717) is 25.7 Å². The van der Waals surface area contributed by atoms with Crippen molar-refractivity contribution in [2.45, 2.75) is 126 Å². The van der Waals surface area contributed by atoms with Crippen LogP contribution in [0, 0.1) is 5.92 Å². The molecule has 0 aromatic rings. The zero-order valence-electron chi connectivity index (χ0n) is 35.4. The average molecular weight is 928 g/mol. The SMILES string of the molecule is CC[C@H](C)[C@@H]1NC(=O)C2(CCC2)NC(=O)[C@@H](N)CSSC[C@@H](C(=O)N2CCC[C@H]2C(=O)N[C@@H](CCCN)C(=O)NCC(N)=O)NC(=O)[C@H](CC(N)=O)NC(=O)[C@H](CC(N)=O)NC1=O. The van der Waals surface area contributed by atoms with Gasteiger partial charge in [0, 0.05) is 18.1 Å². The monoisotopic (exact) mass is 927 g/mol. The first kappa shape index (κ1) is 52.1. The molecule has 1 aliphatic carbocycles. The van der Waals surface area contributed by atoms with E-state index >= 15 is 0 Å². The third-order valence-corrected chi connectivity index (χ3v) is 13.4. The van der Waals surface area contributed by atoms with Crippen LogP contribution in [0.4, 0.5) is 0 Å². The maximum Gasteiger partial charge on any atom is 0.246 e. The molecule has 2 saturated heterocycles. The summed E-state index contributed by atoms with van der Waals surface area (Å²) in [6.07, 6.45) is 0.829. The van der Waals surface area contributed by atoms with Crippen LogP contribution in [0.2, 0.25) is 0 Å². The van der Waals surface area contributed by atoms with Crippen molar-refractivity contribution >= 4 is 86.6 Å². The van der Waals surface area contributed by atoms with Gasteiger partial charge in [0.25, 0.3) is 0 Å². The highest BCUT2D eigenvalue weighted by molar-refractivity contribution is 8.76. The smallest absolute Gasteiger partial charge is 0.246 e. The molecule has 11 amide bonds. The maximum absolute atomic E-state index is 14.4. The third-order valence-electron chi connectivity index (χ3n) is 11.0. The predicted molar refractivity (Wildman–Crippen MR) is 230 cm³/mol. The number of carbonyl (C=O) groups excluding carboxylic acids is 11. The van der Waals surface area contributed by atoms with Crippen molar-refractivity contribution in [1.82, 2.24) is 42.1 Å². The molecule has 0 unspecified atom stereocenters. The number of nitrogens with zero attached hydrogens (tertiary/aromatic N) is 1. The Balaban J connectivity index is 1.99. The topological polar surface area (TPSA) is 405 Å². The van der Waals surface area contributed by atoms with Crippen LogP contribution in [-0.2, 0) is 52.7 Å². The molecule has 0 aromatic heterocycles. The number of rotatable bonds is 15. The average Bonchev–Trinajstić information content (AvgIpc) is 3.71. The minimum Gasteiger partial charge on any atom is -0.370 e. The molecule has 1 spiro atoms. The Morgan fingerprint density at radius 2 is 1.43 bits per heavy atom. The Bertz CT molecular complexity index is 1750. The normalized spacial score (nSPS) is 26.0. The lowest BCUT2D eigenvalue weighted by Crippen LogP contribution is -2.68. The van der Waals surface area contributed by atoms with Crippen LogP contribution in [0.15, 0.2) is 0 Å². The summed E-state index contributed by atoms with van der Waals surface area (Å²) in [5.41, 5.74) is 26.5. The molecule has 8 atom stereocenters. The molecular formula is C37H61N13O11S2. The van der Waals surface area contributed by atoms with Crippen molar-refractivity contribution in [1.29, 1.82) is 0 Å². The lowest BCUT2D eigenvalue weighted by molar-refractivity contribution is -0.142. The van der Waals surface area contributed by atoms with Crippen LogP contribution in [0.1, 0.15) is 78.1 Å². The summed E-state index contributed by atoms with van der Waals surface area (Å²) in [6, 6.07) is -9.60. The molecule has 352 valence electrons. The standard InChI is InChI=1S/C37H61N13O11S2/c1-3-18(2)28-34(59)46-22(14-26(41)52)31(56)45-21(13-25(40)51)32(57)47-23(17-63-62-16-19(39)29(54)49-37(9-6-10-37)36(61)48-28)35(60)50-12-5-8-24(50)33(58)44-20(7-4-11-38)30(55)43-15-27(42)53/h18-24,28H,3-17,38-39H2,1-2H3,(H2,40,51)(H2,41,52)(H2,42,53)(H,43,55)(H,44,58)(H,45,56)(H,46,59)(H,47,57)(H,48,61)(H,49,54)/t18-,19-,20-,21-,22-,23-,24-,28-/m0/s1. The fourth-order valence-electron chi connectivity index (χ4n) is 7.02. The fraction of sp³-hybridized carbons (Fsp3) is 0.703. The molecule has 0 radical (unpaired) electrons. The number of likely N-dealkylation sites (tertiary alicyclic amines) is 1. The zero-order valence-corrected chi connectivity index (χ0v) is 37.0. The maximum atomic E-state index is 14.4. The Morgan fingerprint density at radius 1 is 0.825 bits per heavy atom. The van der Waals surface area contributed by atoms with Gasteiger partial charge in [-0.3, -0.25) is 52.7 Å². The number of carbonyl (C=O) groups is 11. The summed E-state index contributed by atoms with van der Waals surface area (Å²) >= 11 is 0. The van der Waals surface area contributed by atoms with Crippen molar-refractivity contribution < 1.29 is 52.7 Å². The van der Waals surface area contributed by atoms with Crippen molar-refractivity contribution in [3.8, 4) is 0 Å². The number of amides is 11. The van der Waals surface area contributed by atoms with Crippen molar-refractivity contribution in [3.63, 3.8) is 0 Å². The molecule has 0 bridgehead atoms.